The molecule has 5 N–H and O–H groups in total. The summed E-state index contributed by atoms with van der Waals surface area (Å²) < 4.78 is 51.3. The number of rotatable bonds is 4. The van der Waals surface area contributed by atoms with Crippen LogP contribution in [0.4, 0.5) is 0 Å². The van der Waals surface area contributed by atoms with Crippen molar-refractivity contribution in [1.29, 1.82) is 0 Å². The van der Waals surface area contributed by atoms with Crippen molar-refractivity contribution in [2.24, 2.45) is 5.14 Å². The summed E-state index contributed by atoms with van der Waals surface area (Å²) >= 11 is 0. The second kappa shape index (κ2) is 7.15. The molecule has 0 bridgehead atoms. The molecule has 1 aliphatic carbocycles. The van der Waals surface area contributed by atoms with Crippen molar-refractivity contribution in [2.75, 3.05) is 0 Å². The van der Waals surface area contributed by atoms with E-state index in [0.29, 0.717) is 5.39 Å². The Balaban J connectivity index is 1.80. The molecular formula is C20H14N2O8S2. The van der Waals surface area contributed by atoms with Crippen LogP contribution in [0.25, 0.3) is 16.5 Å². The standard InChI is InChI=1S/C20H14N2O8S2/c21-31(27,28)11-4-5-13-15(7-11)20(26)18(24)9-16(13)22-32(29,30)12-3-1-10-2-6-17(23)19(25)14(10)8-12/h1-9,22-23,25H,(H2,21,27,28). The summed E-state index contributed by atoms with van der Waals surface area (Å²) in [6.45, 7) is 0. The molecule has 10 nitrogen and oxygen atoms in total. The van der Waals surface area contributed by atoms with Crippen LogP contribution in [0.15, 0.2) is 64.4 Å². The van der Waals surface area contributed by atoms with E-state index in [0.717, 1.165) is 30.3 Å². The zero-order valence-electron chi connectivity index (χ0n) is 15.9. The first-order valence-electron chi connectivity index (χ1n) is 8.83. The maximum atomic E-state index is 13.0. The van der Waals surface area contributed by atoms with E-state index in [4.69, 9.17) is 5.14 Å². The molecule has 3 aromatic rings. The maximum absolute atomic E-state index is 13.0. The number of carbonyl (C=O) groups is 2. The molecule has 0 radical (unpaired) electrons. The van der Waals surface area contributed by atoms with E-state index in [1.807, 2.05) is 0 Å². The van der Waals surface area contributed by atoms with Gasteiger partial charge >= 0.3 is 0 Å². The topological polar surface area (TPSA) is 181 Å². The highest BCUT2D eigenvalue weighted by atomic mass is 32.2. The van der Waals surface area contributed by atoms with Gasteiger partial charge in [-0.2, -0.15) is 0 Å². The Morgan fingerprint density at radius 3 is 2.16 bits per heavy atom. The van der Waals surface area contributed by atoms with Crippen LogP contribution >= 0.6 is 0 Å². The molecule has 0 aromatic heterocycles. The highest BCUT2D eigenvalue weighted by molar-refractivity contribution is 7.90. The largest absolute Gasteiger partial charge is 0.504 e. The molecule has 3 aromatic carbocycles. The minimum absolute atomic E-state index is 0.00754. The van der Waals surface area contributed by atoms with Gasteiger partial charge in [-0.1, -0.05) is 18.2 Å². The first-order valence-corrected chi connectivity index (χ1v) is 11.9. The van der Waals surface area contributed by atoms with E-state index >= 15 is 0 Å². The molecule has 0 spiro atoms. The number of hydrogen-bond donors (Lipinski definition) is 4. The third kappa shape index (κ3) is 3.60. The fourth-order valence-electron chi connectivity index (χ4n) is 3.26. The van der Waals surface area contributed by atoms with Crippen LogP contribution in [-0.2, 0) is 24.8 Å². The van der Waals surface area contributed by atoms with E-state index in [1.54, 1.807) is 0 Å². The van der Waals surface area contributed by atoms with Crippen molar-refractivity contribution in [3.63, 3.8) is 0 Å². The maximum Gasteiger partial charge on any atom is 0.261 e. The van der Waals surface area contributed by atoms with Crippen molar-refractivity contribution in [2.45, 2.75) is 9.79 Å². The summed E-state index contributed by atoms with van der Waals surface area (Å²) in [4.78, 5) is 23.6. The number of Topliss-reactive ketones (excluding diaryl/α,β-unsaturated/α-hetero) is 1. The van der Waals surface area contributed by atoms with Crippen LogP contribution in [0.3, 0.4) is 0 Å². The molecular weight excluding hydrogens is 460 g/mol. The molecule has 0 unspecified atom stereocenters. The molecule has 0 saturated heterocycles. The summed E-state index contributed by atoms with van der Waals surface area (Å²) in [5.41, 5.74) is -0.569. The minimum Gasteiger partial charge on any atom is -0.504 e. The number of benzene rings is 3. The molecule has 0 saturated carbocycles. The normalized spacial score (nSPS) is 14.2. The number of carbonyl (C=O) groups excluding carboxylic acids is 2. The zero-order chi connectivity index (χ0) is 23.4. The number of fused-ring (bicyclic) bond motifs is 2. The van der Waals surface area contributed by atoms with E-state index in [1.165, 1.54) is 24.3 Å². The highest BCUT2D eigenvalue weighted by Gasteiger charge is 2.30. The van der Waals surface area contributed by atoms with Gasteiger partial charge in [-0.15, -0.1) is 0 Å². The lowest BCUT2D eigenvalue weighted by Gasteiger charge is -2.19. The number of nitrogens with two attached hydrogens (primary N) is 1. The summed E-state index contributed by atoms with van der Waals surface area (Å²) in [6.07, 6.45) is 0.795. The Kier molecular flexibility index (Phi) is 4.80. The minimum atomic E-state index is -4.32. The average molecular weight is 474 g/mol. The van der Waals surface area contributed by atoms with E-state index in [2.05, 4.69) is 4.72 Å². The second-order valence-corrected chi connectivity index (χ2v) is 10.2. The second-order valence-electron chi connectivity index (χ2n) is 6.93. The Bertz CT molecular complexity index is 1590. The fraction of sp³-hybridized carbons (Fsp3) is 0. The van der Waals surface area contributed by atoms with Gasteiger partial charge in [-0.25, -0.2) is 22.0 Å². The van der Waals surface area contributed by atoms with E-state index < -0.39 is 48.0 Å². The molecule has 32 heavy (non-hydrogen) atoms. The molecule has 164 valence electrons. The zero-order valence-corrected chi connectivity index (χ0v) is 17.6. The Hall–Kier alpha value is -3.74. The van der Waals surface area contributed by atoms with Crippen LogP contribution < -0.4 is 9.86 Å². The van der Waals surface area contributed by atoms with Crippen LogP contribution in [0, 0.1) is 0 Å². The number of primary sulfonamides is 1. The van der Waals surface area contributed by atoms with Gasteiger partial charge in [0.2, 0.25) is 21.6 Å². The van der Waals surface area contributed by atoms with Gasteiger partial charge in [0.05, 0.1) is 15.5 Å². The van der Waals surface area contributed by atoms with Gasteiger partial charge in [0.1, 0.15) is 0 Å². The van der Waals surface area contributed by atoms with Crippen LogP contribution in [-0.4, -0.2) is 38.6 Å². The summed E-state index contributed by atoms with van der Waals surface area (Å²) in [5, 5.41) is 25.3. The third-order valence-corrected chi connectivity index (χ3v) is 7.13. The van der Waals surface area contributed by atoms with E-state index in [-0.39, 0.29) is 27.1 Å². The van der Waals surface area contributed by atoms with Gasteiger partial charge in [0, 0.05) is 22.6 Å². The quantitative estimate of drug-likeness (QED) is 0.319. The number of hydrogen-bond acceptors (Lipinski definition) is 8. The summed E-state index contributed by atoms with van der Waals surface area (Å²) in [7, 11) is -8.49. The smallest absolute Gasteiger partial charge is 0.261 e. The lowest BCUT2D eigenvalue weighted by molar-refractivity contribution is -0.111. The average Bonchev–Trinajstić information content (AvgIpc) is 2.73. The SMILES string of the molecule is NS(=O)(=O)c1ccc2c(c1)C(=O)C(=O)C=C2NS(=O)(=O)c1ccc2ccc(O)c(O)c2c1. The highest BCUT2D eigenvalue weighted by Crippen LogP contribution is 2.35. The number of ketones is 2. The van der Waals surface area contributed by atoms with Gasteiger partial charge < -0.3 is 10.2 Å². The molecule has 0 fully saturated rings. The van der Waals surface area contributed by atoms with Gasteiger partial charge in [0.15, 0.2) is 11.5 Å². The molecule has 0 amide bonds. The predicted octanol–water partition coefficient (Wildman–Crippen LogP) is 0.983. The van der Waals surface area contributed by atoms with Crippen LogP contribution in [0.1, 0.15) is 15.9 Å². The fourth-order valence-corrected chi connectivity index (χ4v) is 4.89. The number of aromatic hydroxyl groups is 2. The predicted molar refractivity (Wildman–Crippen MR) is 113 cm³/mol. The number of phenols is 2. The molecule has 12 heteroatoms. The monoisotopic (exact) mass is 474 g/mol. The number of allylic oxidation sites excluding steroid dienone is 1. The Labute approximate surface area is 181 Å². The lowest BCUT2D eigenvalue weighted by Crippen LogP contribution is -2.29. The lowest BCUT2D eigenvalue weighted by atomic mass is 9.93. The summed E-state index contributed by atoms with van der Waals surface area (Å²) in [6, 6.07) is 9.70. The molecule has 0 aliphatic heterocycles. The van der Waals surface area contributed by atoms with Crippen molar-refractivity contribution in [3.05, 3.63) is 65.7 Å². The number of phenolic OH excluding ortho intramolecular Hbond substituents is 2. The molecule has 4 rings (SSSR count). The van der Waals surface area contributed by atoms with Crippen molar-refractivity contribution in [1.82, 2.24) is 4.72 Å². The summed E-state index contributed by atoms with van der Waals surface area (Å²) in [5.74, 6) is -3.00. The van der Waals surface area contributed by atoms with E-state index in [9.17, 15) is 36.6 Å². The number of nitrogens with one attached hydrogen (secondary N) is 1. The molecule has 0 heterocycles. The van der Waals surface area contributed by atoms with Gasteiger partial charge in [-0.05, 0) is 35.7 Å². The van der Waals surface area contributed by atoms with Gasteiger partial charge in [-0.3, -0.25) is 14.3 Å². The first kappa shape index (κ1) is 21.5. The van der Waals surface area contributed by atoms with Crippen LogP contribution in [0.5, 0.6) is 11.5 Å². The third-order valence-electron chi connectivity index (χ3n) is 4.85. The molecule has 1 aliphatic rings. The van der Waals surface area contributed by atoms with Crippen molar-refractivity contribution < 1.29 is 36.6 Å². The Morgan fingerprint density at radius 1 is 0.812 bits per heavy atom. The van der Waals surface area contributed by atoms with Gasteiger partial charge in [0.25, 0.3) is 10.0 Å². The Morgan fingerprint density at radius 2 is 1.47 bits per heavy atom. The van der Waals surface area contributed by atoms with Crippen LogP contribution in [0.2, 0.25) is 0 Å². The van der Waals surface area contributed by atoms with Crippen molar-refractivity contribution in [3.8, 4) is 11.5 Å². The first-order chi connectivity index (χ1) is 14.9. The number of sulfonamides is 2. The molecule has 0 atom stereocenters. The van der Waals surface area contributed by atoms with Crippen molar-refractivity contribution >= 4 is 48.1 Å².